The van der Waals surface area contributed by atoms with Crippen molar-refractivity contribution in [3.63, 3.8) is 0 Å². The Labute approximate surface area is 80.5 Å². The average molecular weight is 180 g/mol. The molecule has 3 rings (SSSR count). The molecule has 0 radical (unpaired) electrons. The van der Waals surface area contributed by atoms with Crippen molar-refractivity contribution in [3.05, 3.63) is 0 Å². The summed E-state index contributed by atoms with van der Waals surface area (Å²) in [4.78, 5) is 2.74. The molecule has 3 fully saturated rings. The summed E-state index contributed by atoms with van der Waals surface area (Å²) in [6, 6.07) is 1.66. The van der Waals surface area contributed by atoms with Crippen molar-refractivity contribution in [2.45, 2.75) is 44.2 Å². The molecule has 2 heteroatoms. The zero-order valence-corrected chi connectivity index (χ0v) is 8.28. The van der Waals surface area contributed by atoms with Gasteiger partial charge in [0, 0.05) is 25.2 Å². The predicted octanol–water partition coefficient (Wildman–Crippen LogP) is 1.21. The summed E-state index contributed by atoms with van der Waals surface area (Å²) < 4.78 is 0. The van der Waals surface area contributed by atoms with Crippen molar-refractivity contribution in [1.82, 2.24) is 4.90 Å². The highest BCUT2D eigenvalue weighted by molar-refractivity contribution is 5.06. The van der Waals surface area contributed by atoms with E-state index in [4.69, 9.17) is 5.73 Å². The number of nitrogens with two attached hydrogens (primary N) is 1. The van der Waals surface area contributed by atoms with E-state index in [-0.39, 0.29) is 0 Å². The third-order valence-electron chi connectivity index (χ3n) is 4.38. The van der Waals surface area contributed by atoms with Crippen molar-refractivity contribution in [1.29, 1.82) is 0 Å². The minimum Gasteiger partial charge on any atom is -0.329 e. The molecule has 2 saturated carbocycles. The van der Waals surface area contributed by atoms with Gasteiger partial charge in [0.1, 0.15) is 0 Å². The fourth-order valence-corrected chi connectivity index (χ4v) is 3.57. The molecule has 2 aliphatic carbocycles. The molecule has 0 amide bonds. The second-order valence-corrected chi connectivity index (χ2v) is 5.10. The van der Waals surface area contributed by atoms with Crippen LogP contribution < -0.4 is 5.73 Å². The molecular formula is C11H20N2. The van der Waals surface area contributed by atoms with E-state index < -0.39 is 0 Å². The molecule has 1 saturated heterocycles. The maximum Gasteiger partial charge on any atom is 0.0252 e. The van der Waals surface area contributed by atoms with E-state index in [0.717, 1.165) is 30.5 Å². The van der Waals surface area contributed by atoms with E-state index in [9.17, 15) is 0 Å². The van der Waals surface area contributed by atoms with Gasteiger partial charge in [-0.05, 0) is 31.1 Å². The Morgan fingerprint density at radius 2 is 2.00 bits per heavy atom. The molecule has 74 valence electrons. The lowest BCUT2D eigenvalue weighted by Gasteiger charge is -2.32. The van der Waals surface area contributed by atoms with E-state index in [2.05, 4.69) is 4.90 Å². The van der Waals surface area contributed by atoms with Crippen LogP contribution in [0.1, 0.15) is 32.1 Å². The van der Waals surface area contributed by atoms with E-state index in [1.165, 1.54) is 38.6 Å². The van der Waals surface area contributed by atoms with Gasteiger partial charge in [-0.3, -0.25) is 4.90 Å². The molecule has 3 atom stereocenters. The number of fused-ring (bicyclic) bond motifs is 1. The molecule has 1 aliphatic heterocycles. The topological polar surface area (TPSA) is 29.3 Å². The highest BCUT2D eigenvalue weighted by Gasteiger charge is 2.53. The number of nitrogens with zero attached hydrogens (tertiary/aromatic N) is 1. The van der Waals surface area contributed by atoms with Gasteiger partial charge in [0.05, 0.1) is 0 Å². The number of piperidine rings is 1. The zero-order valence-electron chi connectivity index (χ0n) is 8.28. The summed E-state index contributed by atoms with van der Waals surface area (Å²) in [6.45, 7) is 2.27. The molecule has 0 spiro atoms. The Balaban J connectivity index is 1.69. The van der Waals surface area contributed by atoms with Gasteiger partial charge in [-0.2, -0.15) is 0 Å². The third kappa shape index (κ3) is 1.23. The van der Waals surface area contributed by atoms with Crippen LogP contribution in [0.3, 0.4) is 0 Å². The van der Waals surface area contributed by atoms with Gasteiger partial charge in [0.15, 0.2) is 0 Å². The van der Waals surface area contributed by atoms with Crippen LogP contribution in [0.15, 0.2) is 0 Å². The summed E-state index contributed by atoms with van der Waals surface area (Å²) in [5.74, 6) is 2.03. The molecule has 2 N–H and O–H groups in total. The summed E-state index contributed by atoms with van der Waals surface area (Å²) in [7, 11) is 0. The first-order chi connectivity index (χ1) is 6.40. The van der Waals surface area contributed by atoms with Crippen molar-refractivity contribution in [2.75, 3.05) is 13.1 Å². The zero-order chi connectivity index (χ0) is 8.84. The number of likely N-dealkylation sites (tertiary alicyclic amines) is 1. The van der Waals surface area contributed by atoms with Crippen LogP contribution >= 0.6 is 0 Å². The van der Waals surface area contributed by atoms with Gasteiger partial charge in [0.2, 0.25) is 0 Å². The van der Waals surface area contributed by atoms with Gasteiger partial charge in [-0.1, -0.05) is 12.8 Å². The molecule has 2 nitrogen and oxygen atoms in total. The Kier molecular flexibility index (Phi) is 1.88. The van der Waals surface area contributed by atoms with Gasteiger partial charge in [-0.25, -0.2) is 0 Å². The summed E-state index contributed by atoms with van der Waals surface area (Å²) in [6.07, 6.45) is 7.26. The van der Waals surface area contributed by atoms with E-state index in [1.807, 2.05) is 0 Å². The van der Waals surface area contributed by atoms with Crippen molar-refractivity contribution in [3.8, 4) is 0 Å². The highest BCUT2D eigenvalue weighted by atomic mass is 15.2. The minimum absolute atomic E-state index is 0.757. The first-order valence-electron chi connectivity index (χ1n) is 5.86. The second kappa shape index (κ2) is 2.96. The van der Waals surface area contributed by atoms with Crippen molar-refractivity contribution in [2.24, 2.45) is 17.6 Å². The van der Waals surface area contributed by atoms with Crippen LogP contribution in [0.5, 0.6) is 0 Å². The van der Waals surface area contributed by atoms with Crippen LogP contribution in [0, 0.1) is 11.8 Å². The average Bonchev–Trinajstić information content (AvgIpc) is 2.68. The van der Waals surface area contributed by atoms with Crippen LogP contribution in [0.2, 0.25) is 0 Å². The van der Waals surface area contributed by atoms with Crippen LogP contribution in [-0.2, 0) is 0 Å². The normalized spacial score (nSPS) is 45.5. The van der Waals surface area contributed by atoms with Crippen molar-refractivity contribution < 1.29 is 0 Å². The van der Waals surface area contributed by atoms with Gasteiger partial charge >= 0.3 is 0 Å². The van der Waals surface area contributed by atoms with Crippen LogP contribution in [0.4, 0.5) is 0 Å². The standard InChI is InChI=1S/C11H20N2/c12-6-11-10-5-8(10)7-13(11)9-3-1-2-4-9/h8-11H,1-7,12H2. The van der Waals surface area contributed by atoms with Crippen LogP contribution in [0.25, 0.3) is 0 Å². The van der Waals surface area contributed by atoms with Gasteiger partial charge in [0.25, 0.3) is 0 Å². The van der Waals surface area contributed by atoms with Crippen LogP contribution in [-0.4, -0.2) is 30.1 Å². The van der Waals surface area contributed by atoms with E-state index >= 15 is 0 Å². The first kappa shape index (κ1) is 8.25. The second-order valence-electron chi connectivity index (χ2n) is 5.10. The lowest BCUT2D eigenvalue weighted by atomic mass is 10.1. The highest BCUT2D eigenvalue weighted by Crippen LogP contribution is 2.50. The molecule has 0 aromatic rings. The summed E-state index contributed by atoms with van der Waals surface area (Å²) >= 11 is 0. The summed E-state index contributed by atoms with van der Waals surface area (Å²) in [5.41, 5.74) is 5.87. The third-order valence-corrected chi connectivity index (χ3v) is 4.38. The fourth-order valence-electron chi connectivity index (χ4n) is 3.57. The predicted molar refractivity (Wildman–Crippen MR) is 53.4 cm³/mol. The Morgan fingerprint density at radius 3 is 2.69 bits per heavy atom. The molecule has 0 aromatic carbocycles. The smallest absolute Gasteiger partial charge is 0.0252 e. The minimum atomic E-state index is 0.757. The number of hydrogen-bond acceptors (Lipinski definition) is 2. The van der Waals surface area contributed by atoms with Gasteiger partial charge in [-0.15, -0.1) is 0 Å². The number of rotatable bonds is 2. The molecule has 1 heterocycles. The largest absolute Gasteiger partial charge is 0.329 e. The van der Waals surface area contributed by atoms with Gasteiger partial charge < -0.3 is 5.73 Å². The SMILES string of the molecule is NCC1C2CC2CN1C1CCCC1. The van der Waals surface area contributed by atoms with Crippen molar-refractivity contribution >= 4 is 0 Å². The Bertz CT molecular complexity index is 198. The molecule has 0 bridgehead atoms. The van der Waals surface area contributed by atoms with E-state index in [1.54, 1.807) is 0 Å². The monoisotopic (exact) mass is 180 g/mol. The molecule has 3 aliphatic rings. The lowest BCUT2D eigenvalue weighted by Crippen LogP contribution is -2.44. The quantitative estimate of drug-likeness (QED) is 0.692. The molecule has 0 aromatic heterocycles. The van der Waals surface area contributed by atoms with E-state index in [0.29, 0.717) is 0 Å². The Morgan fingerprint density at radius 1 is 1.23 bits per heavy atom. The number of hydrogen-bond donors (Lipinski definition) is 1. The Hall–Kier alpha value is -0.0800. The fraction of sp³-hybridized carbons (Fsp3) is 1.00. The first-order valence-corrected chi connectivity index (χ1v) is 5.86. The molecular weight excluding hydrogens is 160 g/mol. The maximum atomic E-state index is 5.87. The maximum absolute atomic E-state index is 5.87. The lowest BCUT2D eigenvalue weighted by molar-refractivity contribution is 0.159. The molecule has 3 unspecified atom stereocenters. The summed E-state index contributed by atoms with van der Waals surface area (Å²) in [5, 5.41) is 0. The molecule has 13 heavy (non-hydrogen) atoms.